The van der Waals surface area contributed by atoms with Gasteiger partial charge in [0.15, 0.2) is 0 Å². The maximum Gasteiger partial charge on any atom is 0.0817 e. The highest BCUT2D eigenvalue weighted by molar-refractivity contribution is 5.07. The number of aliphatic hydroxyl groups is 1. The van der Waals surface area contributed by atoms with Gasteiger partial charge in [0.1, 0.15) is 0 Å². The van der Waals surface area contributed by atoms with Crippen molar-refractivity contribution in [3.8, 4) is 0 Å². The predicted octanol–water partition coefficient (Wildman–Crippen LogP) is 2.76. The number of aryl methyl sites for hydroxylation is 1. The molecule has 0 saturated carbocycles. The summed E-state index contributed by atoms with van der Waals surface area (Å²) >= 11 is 0. The third-order valence-electron chi connectivity index (χ3n) is 2.52. The van der Waals surface area contributed by atoms with E-state index in [-0.39, 0.29) is 6.10 Å². The largest absolute Gasteiger partial charge is 0.388 e. The van der Waals surface area contributed by atoms with Crippen molar-refractivity contribution in [2.24, 2.45) is 5.41 Å². The second-order valence-electron chi connectivity index (χ2n) is 5.27. The number of hydrogen-bond acceptors (Lipinski definition) is 2. The minimum Gasteiger partial charge on any atom is -0.388 e. The molecule has 1 aromatic rings. The maximum absolute atomic E-state index is 9.62. The van der Waals surface area contributed by atoms with Crippen LogP contribution in [0.1, 0.15) is 52.2 Å². The number of rotatable bonds is 4. The summed E-state index contributed by atoms with van der Waals surface area (Å²) < 4.78 is 1.92. The number of aromatic nitrogens is 2. The molecule has 86 valence electrons. The molecule has 1 rings (SSSR count). The molecule has 0 amide bonds. The zero-order valence-electron chi connectivity index (χ0n) is 10.2. The highest BCUT2D eigenvalue weighted by Gasteiger charge is 2.11. The van der Waals surface area contributed by atoms with E-state index >= 15 is 0 Å². The molecule has 3 heteroatoms. The van der Waals surface area contributed by atoms with Crippen LogP contribution in [0.3, 0.4) is 0 Å². The highest BCUT2D eigenvalue weighted by atomic mass is 16.3. The third-order valence-corrected chi connectivity index (χ3v) is 2.52. The van der Waals surface area contributed by atoms with E-state index < -0.39 is 0 Å². The number of hydrogen-bond donors (Lipinski definition) is 1. The molecule has 15 heavy (non-hydrogen) atoms. The monoisotopic (exact) mass is 210 g/mol. The highest BCUT2D eigenvalue weighted by Crippen LogP contribution is 2.20. The van der Waals surface area contributed by atoms with Gasteiger partial charge >= 0.3 is 0 Å². The zero-order valence-corrected chi connectivity index (χ0v) is 10.2. The predicted molar refractivity (Wildman–Crippen MR) is 61.5 cm³/mol. The molecule has 0 fully saturated rings. The fraction of sp³-hybridized carbons (Fsp3) is 0.750. The Morgan fingerprint density at radius 1 is 1.47 bits per heavy atom. The lowest BCUT2D eigenvalue weighted by atomic mass is 9.92. The average molecular weight is 210 g/mol. The van der Waals surface area contributed by atoms with Crippen molar-refractivity contribution in [2.45, 2.75) is 53.2 Å². The first kappa shape index (κ1) is 12.2. The van der Waals surface area contributed by atoms with Crippen LogP contribution in [0.4, 0.5) is 0 Å². The molecule has 1 heterocycles. The lowest BCUT2D eigenvalue weighted by molar-refractivity contribution is 0.173. The Balaban J connectivity index is 2.53. The van der Waals surface area contributed by atoms with Crippen molar-refractivity contribution < 1.29 is 5.11 Å². The van der Waals surface area contributed by atoms with Crippen molar-refractivity contribution in [1.29, 1.82) is 0 Å². The Morgan fingerprint density at radius 2 is 2.13 bits per heavy atom. The Morgan fingerprint density at radius 3 is 2.67 bits per heavy atom. The maximum atomic E-state index is 9.62. The quantitative estimate of drug-likeness (QED) is 0.829. The van der Waals surface area contributed by atoms with E-state index in [9.17, 15) is 5.11 Å². The van der Waals surface area contributed by atoms with Crippen LogP contribution in [0.15, 0.2) is 12.4 Å². The first-order valence-corrected chi connectivity index (χ1v) is 5.63. The Kier molecular flexibility index (Phi) is 3.91. The van der Waals surface area contributed by atoms with Crippen LogP contribution < -0.4 is 0 Å². The van der Waals surface area contributed by atoms with E-state index in [1.165, 1.54) is 0 Å². The summed E-state index contributed by atoms with van der Waals surface area (Å²) in [6, 6.07) is 0. The normalized spacial score (nSPS) is 14.2. The fourth-order valence-corrected chi connectivity index (χ4v) is 1.36. The van der Waals surface area contributed by atoms with Crippen molar-refractivity contribution in [2.75, 3.05) is 0 Å². The van der Waals surface area contributed by atoms with Crippen LogP contribution in [-0.2, 0) is 6.54 Å². The van der Waals surface area contributed by atoms with Gasteiger partial charge in [-0.05, 0) is 18.3 Å². The van der Waals surface area contributed by atoms with Gasteiger partial charge in [-0.1, -0.05) is 27.7 Å². The third kappa shape index (κ3) is 4.04. The van der Waals surface area contributed by atoms with Gasteiger partial charge in [-0.15, -0.1) is 0 Å². The molecule has 1 N–H and O–H groups in total. The van der Waals surface area contributed by atoms with Gasteiger partial charge in [0.2, 0.25) is 0 Å². The van der Waals surface area contributed by atoms with Gasteiger partial charge in [0, 0.05) is 18.3 Å². The van der Waals surface area contributed by atoms with Gasteiger partial charge in [-0.2, -0.15) is 5.10 Å². The van der Waals surface area contributed by atoms with E-state index in [0.717, 1.165) is 24.9 Å². The van der Waals surface area contributed by atoms with Crippen LogP contribution in [0.5, 0.6) is 0 Å². The molecule has 0 radical (unpaired) electrons. The molecule has 0 bridgehead atoms. The second kappa shape index (κ2) is 4.79. The smallest absolute Gasteiger partial charge is 0.0817 e. The molecule has 1 unspecified atom stereocenters. The van der Waals surface area contributed by atoms with Crippen molar-refractivity contribution in [1.82, 2.24) is 9.78 Å². The van der Waals surface area contributed by atoms with Crippen LogP contribution >= 0.6 is 0 Å². The summed E-state index contributed by atoms with van der Waals surface area (Å²) in [5, 5.41) is 13.9. The topological polar surface area (TPSA) is 38.1 Å². The molecule has 1 aromatic heterocycles. The summed E-state index contributed by atoms with van der Waals surface area (Å²) in [5.41, 5.74) is 1.25. The van der Waals surface area contributed by atoms with Gasteiger partial charge in [0.05, 0.1) is 12.3 Å². The van der Waals surface area contributed by atoms with Crippen molar-refractivity contribution in [3.05, 3.63) is 18.0 Å². The molecule has 0 spiro atoms. The first-order chi connectivity index (χ1) is 6.92. The van der Waals surface area contributed by atoms with Crippen LogP contribution in [0, 0.1) is 5.41 Å². The summed E-state index contributed by atoms with van der Waals surface area (Å²) in [6.45, 7) is 9.55. The van der Waals surface area contributed by atoms with Crippen molar-refractivity contribution >= 4 is 0 Å². The zero-order chi connectivity index (χ0) is 11.5. The molecule has 1 atom stereocenters. The summed E-state index contributed by atoms with van der Waals surface area (Å²) in [7, 11) is 0. The van der Waals surface area contributed by atoms with E-state index in [2.05, 4.69) is 25.9 Å². The fourth-order valence-electron chi connectivity index (χ4n) is 1.36. The molecule has 0 aliphatic heterocycles. The average Bonchev–Trinajstić information content (AvgIpc) is 2.61. The van der Waals surface area contributed by atoms with E-state index in [1.807, 2.05) is 17.8 Å². The van der Waals surface area contributed by atoms with Gasteiger partial charge in [-0.3, -0.25) is 4.68 Å². The minimum atomic E-state index is -0.367. The Bertz CT molecular complexity index is 299. The van der Waals surface area contributed by atoms with Crippen molar-refractivity contribution in [3.63, 3.8) is 0 Å². The first-order valence-electron chi connectivity index (χ1n) is 5.63. The Hall–Kier alpha value is -0.830. The second-order valence-corrected chi connectivity index (χ2v) is 5.27. The SMILES string of the molecule is CCC(O)c1cnn(CCC(C)(C)C)c1. The van der Waals surface area contributed by atoms with E-state index in [1.54, 1.807) is 6.20 Å². The summed E-state index contributed by atoms with van der Waals surface area (Å²) in [5.74, 6) is 0. The van der Waals surface area contributed by atoms with E-state index in [0.29, 0.717) is 5.41 Å². The van der Waals surface area contributed by atoms with Crippen LogP contribution in [-0.4, -0.2) is 14.9 Å². The lowest BCUT2D eigenvalue weighted by Gasteiger charge is -2.17. The molecule has 0 aliphatic rings. The van der Waals surface area contributed by atoms with E-state index in [4.69, 9.17) is 0 Å². The lowest BCUT2D eigenvalue weighted by Crippen LogP contribution is -2.10. The Labute approximate surface area is 92.1 Å². The minimum absolute atomic E-state index is 0.329. The molecular formula is C12H22N2O. The summed E-state index contributed by atoms with van der Waals surface area (Å²) in [6.07, 6.45) is 5.17. The molecular weight excluding hydrogens is 188 g/mol. The molecule has 3 nitrogen and oxygen atoms in total. The standard InChI is InChI=1S/C12H22N2O/c1-5-11(15)10-8-13-14(9-10)7-6-12(2,3)4/h8-9,11,15H,5-7H2,1-4H3. The van der Waals surface area contributed by atoms with Gasteiger partial charge in [-0.25, -0.2) is 0 Å². The van der Waals surface area contributed by atoms with Gasteiger partial charge in [0.25, 0.3) is 0 Å². The van der Waals surface area contributed by atoms with Crippen LogP contribution in [0.25, 0.3) is 0 Å². The number of aliphatic hydroxyl groups excluding tert-OH is 1. The van der Waals surface area contributed by atoms with Crippen LogP contribution in [0.2, 0.25) is 0 Å². The molecule has 0 aliphatic carbocycles. The number of nitrogens with zero attached hydrogens (tertiary/aromatic N) is 2. The summed E-state index contributed by atoms with van der Waals surface area (Å²) in [4.78, 5) is 0. The molecule has 0 aromatic carbocycles. The van der Waals surface area contributed by atoms with Gasteiger partial charge < -0.3 is 5.11 Å². The molecule has 0 saturated heterocycles.